The monoisotopic (exact) mass is 253 g/mol. The molecule has 0 aliphatic carbocycles. The molecule has 0 bridgehead atoms. The molecule has 1 nitrogen and oxygen atoms in total. The molecule has 0 heterocycles. The molecular formula is C18H23N. The van der Waals surface area contributed by atoms with Gasteiger partial charge in [-0.05, 0) is 49.6 Å². The molecule has 0 fully saturated rings. The Labute approximate surface area is 116 Å². The lowest BCUT2D eigenvalue weighted by Crippen LogP contribution is -2.17. The van der Waals surface area contributed by atoms with Gasteiger partial charge in [0, 0.05) is 6.04 Å². The van der Waals surface area contributed by atoms with Crippen molar-refractivity contribution in [2.75, 3.05) is 6.54 Å². The number of hydrogen-bond acceptors (Lipinski definition) is 1. The molecule has 0 amide bonds. The number of nitrogens with one attached hydrogen (secondary N) is 1. The highest BCUT2D eigenvalue weighted by atomic mass is 14.9. The Morgan fingerprint density at radius 1 is 1.00 bits per heavy atom. The molecule has 0 spiro atoms. The molecular weight excluding hydrogens is 230 g/mol. The van der Waals surface area contributed by atoms with Crippen LogP contribution in [0.2, 0.25) is 0 Å². The molecule has 2 aromatic rings. The molecule has 0 aliphatic heterocycles. The minimum atomic E-state index is 0.415. The fourth-order valence-electron chi connectivity index (χ4n) is 2.51. The van der Waals surface area contributed by atoms with Crippen LogP contribution in [-0.4, -0.2) is 6.54 Å². The number of aryl methyl sites for hydroxylation is 2. The first kappa shape index (κ1) is 13.8. The van der Waals surface area contributed by atoms with Crippen molar-refractivity contribution in [1.82, 2.24) is 5.32 Å². The van der Waals surface area contributed by atoms with Crippen LogP contribution in [-0.2, 0) is 0 Å². The van der Waals surface area contributed by atoms with Gasteiger partial charge in [0.15, 0.2) is 0 Å². The number of hydrogen-bond donors (Lipinski definition) is 1. The van der Waals surface area contributed by atoms with Crippen LogP contribution in [0.3, 0.4) is 0 Å². The molecule has 1 unspecified atom stereocenters. The summed E-state index contributed by atoms with van der Waals surface area (Å²) >= 11 is 0. The summed E-state index contributed by atoms with van der Waals surface area (Å²) in [5.41, 5.74) is 6.62. The second kappa shape index (κ2) is 6.03. The van der Waals surface area contributed by atoms with Crippen molar-refractivity contribution < 1.29 is 0 Å². The number of benzene rings is 2. The second-order valence-corrected chi connectivity index (χ2v) is 5.22. The van der Waals surface area contributed by atoms with Crippen LogP contribution >= 0.6 is 0 Å². The molecule has 1 heteroatoms. The van der Waals surface area contributed by atoms with Crippen LogP contribution in [0.4, 0.5) is 0 Å². The van der Waals surface area contributed by atoms with Gasteiger partial charge in [-0.25, -0.2) is 0 Å². The van der Waals surface area contributed by atoms with Crippen LogP contribution in [0.15, 0.2) is 42.5 Å². The molecule has 0 saturated carbocycles. The highest BCUT2D eigenvalue weighted by Gasteiger charge is 2.05. The zero-order valence-electron chi connectivity index (χ0n) is 12.3. The van der Waals surface area contributed by atoms with Crippen LogP contribution in [0, 0.1) is 13.8 Å². The summed E-state index contributed by atoms with van der Waals surface area (Å²) in [5.74, 6) is 0. The Morgan fingerprint density at radius 3 is 2.26 bits per heavy atom. The van der Waals surface area contributed by atoms with Gasteiger partial charge in [-0.1, -0.05) is 55.0 Å². The fourth-order valence-corrected chi connectivity index (χ4v) is 2.51. The van der Waals surface area contributed by atoms with Crippen molar-refractivity contribution in [3.63, 3.8) is 0 Å². The van der Waals surface area contributed by atoms with E-state index in [1.54, 1.807) is 0 Å². The van der Waals surface area contributed by atoms with Gasteiger partial charge in [-0.15, -0.1) is 0 Å². The largest absolute Gasteiger partial charge is 0.310 e. The summed E-state index contributed by atoms with van der Waals surface area (Å²) in [7, 11) is 0. The Balaban J connectivity index is 2.27. The lowest BCUT2D eigenvalue weighted by Gasteiger charge is -2.14. The molecule has 0 saturated heterocycles. The molecule has 2 rings (SSSR count). The molecule has 19 heavy (non-hydrogen) atoms. The van der Waals surface area contributed by atoms with Gasteiger partial charge in [0.2, 0.25) is 0 Å². The summed E-state index contributed by atoms with van der Waals surface area (Å²) < 4.78 is 0. The molecule has 0 radical (unpaired) electrons. The van der Waals surface area contributed by atoms with Gasteiger partial charge in [0.1, 0.15) is 0 Å². The maximum absolute atomic E-state index is 3.44. The number of rotatable bonds is 4. The van der Waals surface area contributed by atoms with Gasteiger partial charge >= 0.3 is 0 Å². The Morgan fingerprint density at radius 2 is 1.68 bits per heavy atom. The minimum Gasteiger partial charge on any atom is -0.310 e. The van der Waals surface area contributed by atoms with E-state index in [1.165, 1.54) is 27.8 Å². The first-order chi connectivity index (χ1) is 9.11. The van der Waals surface area contributed by atoms with Gasteiger partial charge in [-0.2, -0.15) is 0 Å². The summed E-state index contributed by atoms with van der Waals surface area (Å²) in [5, 5.41) is 3.44. The third-order valence-corrected chi connectivity index (χ3v) is 3.61. The van der Waals surface area contributed by atoms with Crippen molar-refractivity contribution in [3.8, 4) is 11.1 Å². The van der Waals surface area contributed by atoms with E-state index in [4.69, 9.17) is 0 Å². The third kappa shape index (κ3) is 3.24. The van der Waals surface area contributed by atoms with E-state index in [2.05, 4.69) is 75.5 Å². The van der Waals surface area contributed by atoms with Crippen LogP contribution in [0.1, 0.15) is 36.6 Å². The van der Waals surface area contributed by atoms with E-state index in [1.807, 2.05) is 0 Å². The standard InChI is InChI=1S/C18H23N/c1-5-19-15(4)16-7-9-17(10-8-16)18-11-6-13(2)12-14(18)3/h6-12,15,19H,5H2,1-4H3. The first-order valence-electron chi connectivity index (χ1n) is 7.02. The summed E-state index contributed by atoms with van der Waals surface area (Å²) in [4.78, 5) is 0. The second-order valence-electron chi connectivity index (χ2n) is 5.22. The van der Waals surface area contributed by atoms with Gasteiger partial charge in [0.25, 0.3) is 0 Å². The van der Waals surface area contributed by atoms with Gasteiger partial charge in [-0.3, -0.25) is 0 Å². The van der Waals surface area contributed by atoms with E-state index >= 15 is 0 Å². The normalized spacial score (nSPS) is 12.4. The third-order valence-electron chi connectivity index (χ3n) is 3.61. The highest BCUT2D eigenvalue weighted by molar-refractivity contribution is 5.67. The lowest BCUT2D eigenvalue weighted by atomic mass is 9.97. The maximum atomic E-state index is 3.44. The van der Waals surface area contributed by atoms with Crippen molar-refractivity contribution in [2.45, 2.75) is 33.7 Å². The van der Waals surface area contributed by atoms with E-state index < -0.39 is 0 Å². The molecule has 2 aromatic carbocycles. The van der Waals surface area contributed by atoms with Crippen LogP contribution in [0.25, 0.3) is 11.1 Å². The summed E-state index contributed by atoms with van der Waals surface area (Å²) in [6.45, 7) is 9.66. The Kier molecular flexibility index (Phi) is 4.39. The zero-order valence-corrected chi connectivity index (χ0v) is 12.3. The molecule has 100 valence electrons. The molecule has 0 aromatic heterocycles. The average molecular weight is 253 g/mol. The topological polar surface area (TPSA) is 12.0 Å². The van der Waals surface area contributed by atoms with Crippen molar-refractivity contribution in [2.24, 2.45) is 0 Å². The fraction of sp³-hybridized carbons (Fsp3) is 0.333. The van der Waals surface area contributed by atoms with Crippen molar-refractivity contribution in [1.29, 1.82) is 0 Å². The van der Waals surface area contributed by atoms with E-state index in [0.717, 1.165) is 6.54 Å². The van der Waals surface area contributed by atoms with Crippen LogP contribution in [0.5, 0.6) is 0 Å². The Hall–Kier alpha value is -1.60. The molecule has 0 aliphatic rings. The van der Waals surface area contributed by atoms with E-state index in [-0.39, 0.29) is 0 Å². The lowest BCUT2D eigenvalue weighted by molar-refractivity contribution is 0.598. The average Bonchev–Trinajstić information content (AvgIpc) is 2.39. The Bertz CT molecular complexity index is 540. The predicted octanol–water partition coefficient (Wildman–Crippen LogP) is 4.64. The summed E-state index contributed by atoms with van der Waals surface area (Å²) in [6.07, 6.45) is 0. The maximum Gasteiger partial charge on any atom is 0.0291 e. The zero-order chi connectivity index (χ0) is 13.8. The predicted molar refractivity (Wildman–Crippen MR) is 83.4 cm³/mol. The first-order valence-corrected chi connectivity index (χ1v) is 7.02. The quantitative estimate of drug-likeness (QED) is 0.837. The molecule has 1 N–H and O–H groups in total. The highest BCUT2D eigenvalue weighted by Crippen LogP contribution is 2.25. The van der Waals surface area contributed by atoms with Crippen molar-refractivity contribution >= 4 is 0 Å². The van der Waals surface area contributed by atoms with E-state index in [9.17, 15) is 0 Å². The van der Waals surface area contributed by atoms with Crippen molar-refractivity contribution in [3.05, 3.63) is 59.2 Å². The van der Waals surface area contributed by atoms with Gasteiger partial charge < -0.3 is 5.32 Å². The van der Waals surface area contributed by atoms with Gasteiger partial charge in [0.05, 0.1) is 0 Å². The van der Waals surface area contributed by atoms with Crippen LogP contribution < -0.4 is 5.32 Å². The van der Waals surface area contributed by atoms with E-state index in [0.29, 0.717) is 6.04 Å². The SMILES string of the molecule is CCNC(C)c1ccc(-c2ccc(C)cc2C)cc1. The molecule has 1 atom stereocenters. The minimum absolute atomic E-state index is 0.415. The smallest absolute Gasteiger partial charge is 0.0291 e. The summed E-state index contributed by atoms with van der Waals surface area (Å²) in [6, 6.07) is 15.9.